The van der Waals surface area contributed by atoms with Gasteiger partial charge in [0, 0.05) is 12.8 Å². The predicted octanol–water partition coefficient (Wildman–Crippen LogP) is 5.17. The summed E-state index contributed by atoms with van der Waals surface area (Å²) in [6.07, 6.45) is 7.85. The van der Waals surface area contributed by atoms with E-state index in [1.807, 2.05) is 12.1 Å². The van der Waals surface area contributed by atoms with Crippen molar-refractivity contribution in [2.45, 2.75) is 51.2 Å². The van der Waals surface area contributed by atoms with Crippen molar-refractivity contribution in [2.24, 2.45) is 0 Å². The summed E-state index contributed by atoms with van der Waals surface area (Å²) in [4.78, 5) is 10.4. The number of rotatable bonds is 8. The van der Waals surface area contributed by atoms with Gasteiger partial charge in [-0.05, 0) is 60.9 Å². The maximum Gasteiger partial charge on any atom is 0.199 e. The van der Waals surface area contributed by atoms with E-state index in [2.05, 4.69) is 36.4 Å². The molecule has 1 atom stereocenters. The van der Waals surface area contributed by atoms with Crippen LogP contribution in [0.4, 0.5) is 0 Å². The van der Waals surface area contributed by atoms with Gasteiger partial charge in [0.05, 0.1) is 6.61 Å². The first kappa shape index (κ1) is 17.7. The Bertz CT molecular complexity index is 657. The minimum Gasteiger partial charge on any atom is -0.465 e. The molecule has 1 aliphatic rings. The zero-order valence-corrected chi connectivity index (χ0v) is 14.7. The normalized spacial score (nSPS) is 17.2. The van der Waals surface area contributed by atoms with Gasteiger partial charge in [0.2, 0.25) is 0 Å². The summed E-state index contributed by atoms with van der Waals surface area (Å²) in [5.74, 6) is 0.862. The summed E-state index contributed by atoms with van der Waals surface area (Å²) < 4.78 is 11.5. The highest BCUT2D eigenvalue weighted by molar-refractivity contribution is 5.64. The van der Waals surface area contributed by atoms with Gasteiger partial charge in [-0.3, -0.25) is 0 Å². The smallest absolute Gasteiger partial charge is 0.199 e. The third-order valence-electron chi connectivity index (χ3n) is 4.56. The highest BCUT2D eigenvalue weighted by Crippen LogP contribution is 2.25. The van der Waals surface area contributed by atoms with Gasteiger partial charge in [-0.1, -0.05) is 36.4 Å². The van der Waals surface area contributed by atoms with Crippen LogP contribution in [0.3, 0.4) is 0 Å². The van der Waals surface area contributed by atoms with Crippen LogP contribution >= 0.6 is 0 Å². The first-order valence-electron chi connectivity index (χ1n) is 9.26. The Morgan fingerprint density at radius 3 is 2.68 bits per heavy atom. The minimum atomic E-state index is -0.103. The summed E-state index contributed by atoms with van der Waals surface area (Å²) in [6, 6.07) is 16.9. The van der Waals surface area contributed by atoms with Crippen LogP contribution in [-0.2, 0) is 16.0 Å². The number of carbonyl (C=O) groups excluding carboxylic acids is 1. The Labute approximate surface area is 150 Å². The van der Waals surface area contributed by atoms with E-state index in [9.17, 15) is 4.79 Å². The molecule has 1 saturated heterocycles. The molecule has 25 heavy (non-hydrogen) atoms. The number of unbranched alkanes of at least 4 members (excludes halogenated alkanes) is 2. The fraction of sp³-hybridized carbons (Fsp3) is 0.409. The molecule has 3 heteroatoms. The van der Waals surface area contributed by atoms with Crippen molar-refractivity contribution in [2.75, 3.05) is 6.61 Å². The van der Waals surface area contributed by atoms with Crippen molar-refractivity contribution < 1.29 is 14.3 Å². The molecule has 2 aromatic carbocycles. The number of hydrogen-bond acceptors (Lipinski definition) is 3. The van der Waals surface area contributed by atoms with Crippen LogP contribution in [-0.4, -0.2) is 19.2 Å². The monoisotopic (exact) mass is 338 g/mol. The van der Waals surface area contributed by atoms with E-state index in [4.69, 9.17) is 9.47 Å². The number of benzene rings is 2. The summed E-state index contributed by atoms with van der Waals surface area (Å²) in [7, 11) is 0. The molecular formula is C22H26O3. The van der Waals surface area contributed by atoms with Crippen molar-refractivity contribution in [3.8, 4) is 16.9 Å². The second-order valence-corrected chi connectivity index (χ2v) is 6.55. The summed E-state index contributed by atoms with van der Waals surface area (Å²) >= 11 is 0. The minimum absolute atomic E-state index is 0.103. The molecule has 1 unspecified atom stereocenters. The van der Waals surface area contributed by atoms with Gasteiger partial charge in [0.1, 0.15) is 12.0 Å². The summed E-state index contributed by atoms with van der Waals surface area (Å²) in [6.45, 7) is 0.794. The van der Waals surface area contributed by atoms with Crippen molar-refractivity contribution in [1.82, 2.24) is 0 Å². The third-order valence-corrected chi connectivity index (χ3v) is 4.56. The van der Waals surface area contributed by atoms with E-state index in [1.165, 1.54) is 23.1 Å². The standard InChI is InChI=1S/C22H26O3/c23-15-4-1-2-7-18-8-6-9-20(17-18)19-11-13-21(14-12-19)25-22-10-3-5-16-24-22/h6,8-9,11-15,17,22H,1-5,7,10,16H2. The Morgan fingerprint density at radius 1 is 1.04 bits per heavy atom. The number of aldehydes is 1. The average Bonchev–Trinajstić information content (AvgIpc) is 2.67. The largest absolute Gasteiger partial charge is 0.465 e. The van der Waals surface area contributed by atoms with Crippen molar-refractivity contribution in [1.29, 1.82) is 0 Å². The van der Waals surface area contributed by atoms with E-state index < -0.39 is 0 Å². The van der Waals surface area contributed by atoms with Gasteiger partial charge >= 0.3 is 0 Å². The Balaban J connectivity index is 1.60. The van der Waals surface area contributed by atoms with Gasteiger partial charge in [-0.2, -0.15) is 0 Å². The van der Waals surface area contributed by atoms with Crippen molar-refractivity contribution >= 4 is 6.29 Å². The Morgan fingerprint density at radius 2 is 1.92 bits per heavy atom. The maximum atomic E-state index is 10.4. The van der Waals surface area contributed by atoms with Crippen LogP contribution in [0.5, 0.6) is 5.75 Å². The molecule has 0 amide bonds. The second-order valence-electron chi connectivity index (χ2n) is 6.55. The molecule has 0 spiro atoms. The molecule has 2 aromatic rings. The van der Waals surface area contributed by atoms with Crippen molar-refractivity contribution in [3.63, 3.8) is 0 Å². The average molecular weight is 338 g/mol. The lowest BCUT2D eigenvalue weighted by atomic mass is 10.00. The maximum absolute atomic E-state index is 10.4. The lowest BCUT2D eigenvalue weighted by Gasteiger charge is -2.23. The quantitative estimate of drug-likeness (QED) is 0.492. The zero-order chi connectivity index (χ0) is 17.3. The number of carbonyl (C=O) groups is 1. The topological polar surface area (TPSA) is 35.5 Å². The predicted molar refractivity (Wildman–Crippen MR) is 99.7 cm³/mol. The van der Waals surface area contributed by atoms with Gasteiger partial charge in [-0.25, -0.2) is 0 Å². The van der Waals surface area contributed by atoms with Crippen LogP contribution in [0.1, 0.15) is 44.1 Å². The molecular weight excluding hydrogens is 312 g/mol. The zero-order valence-electron chi connectivity index (χ0n) is 14.7. The van der Waals surface area contributed by atoms with E-state index >= 15 is 0 Å². The molecule has 0 N–H and O–H groups in total. The molecule has 3 nitrogen and oxygen atoms in total. The van der Waals surface area contributed by atoms with Crippen LogP contribution in [0.2, 0.25) is 0 Å². The van der Waals surface area contributed by atoms with E-state index in [1.54, 1.807) is 0 Å². The number of ether oxygens (including phenoxy) is 2. The Kier molecular flexibility index (Phi) is 6.63. The Hall–Kier alpha value is -2.13. The first-order chi connectivity index (χ1) is 12.3. The van der Waals surface area contributed by atoms with E-state index in [0.29, 0.717) is 6.42 Å². The van der Waals surface area contributed by atoms with Crippen LogP contribution in [0.15, 0.2) is 48.5 Å². The van der Waals surface area contributed by atoms with Crippen LogP contribution < -0.4 is 4.74 Å². The van der Waals surface area contributed by atoms with Crippen LogP contribution in [0, 0.1) is 0 Å². The van der Waals surface area contributed by atoms with Gasteiger partial charge in [0.25, 0.3) is 0 Å². The molecule has 1 aliphatic heterocycles. The van der Waals surface area contributed by atoms with Gasteiger partial charge in [0.15, 0.2) is 6.29 Å². The highest BCUT2D eigenvalue weighted by Gasteiger charge is 2.15. The highest BCUT2D eigenvalue weighted by atomic mass is 16.7. The molecule has 3 rings (SSSR count). The van der Waals surface area contributed by atoms with Crippen molar-refractivity contribution in [3.05, 3.63) is 54.1 Å². The lowest BCUT2D eigenvalue weighted by Crippen LogP contribution is -2.24. The van der Waals surface area contributed by atoms with Crippen LogP contribution in [0.25, 0.3) is 11.1 Å². The van der Waals surface area contributed by atoms with Gasteiger partial charge in [-0.15, -0.1) is 0 Å². The molecule has 0 radical (unpaired) electrons. The fourth-order valence-electron chi connectivity index (χ4n) is 3.15. The number of aryl methyl sites for hydroxylation is 1. The molecule has 1 fully saturated rings. The third kappa shape index (κ3) is 5.43. The van der Waals surface area contributed by atoms with E-state index in [0.717, 1.165) is 50.7 Å². The lowest BCUT2D eigenvalue weighted by molar-refractivity contribution is -0.108. The first-order valence-corrected chi connectivity index (χ1v) is 9.26. The SMILES string of the molecule is O=CCCCCc1cccc(-c2ccc(OC3CCCCO3)cc2)c1. The molecule has 1 heterocycles. The summed E-state index contributed by atoms with van der Waals surface area (Å²) in [5.41, 5.74) is 3.72. The molecule has 0 bridgehead atoms. The summed E-state index contributed by atoms with van der Waals surface area (Å²) in [5, 5.41) is 0. The molecule has 132 valence electrons. The molecule has 0 aromatic heterocycles. The molecule has 0 saturated carbocycles. The fourth-order valence-corrected chi connectivity index (χ4v) is 3.15. The number of hydrogen-bond donors (Lipinski definition) is 0. The van der Waals surface area contributed by atoms with Gasteiger partial charge < -0.3 is 14.3 Å². The molecule has 0 aliphatic carbocycles. The van der Waals surface area contributed by atoms with E-state index in [-0.39, 0.29) is 6.29 Å². The second kappa shape index (κ2) is 9.38.